The maximum atomic E-state index is 13.0. The highest BCUT2D eigenvalue weighted by Crippen LogP contribution is 2.47. The van der Waals surface area contributed by atoms with E-state index in [0.29, 0.717) is 12.2 Å². The van der Waals surface area contributed by atoms with Gasteiger partial charge in [0.2, 0.25) is 5.91 Å². The monoisotopic (exact) mass is 355 g/mol. The lowest BCUT2D eigenvalue weighted by atomic mass is 9.80. The average molecular weight is 355 g/mol. The number of carbonyl (C=O) groups is 1. The van der Waals surface area contributed by atoms with E-state index in [1.54, 1.807) is 6.07 Å². The Hall–Kier alpha value is -1.56. The van der Waals surface area contributed by atoms with Crippen molar-refractivity contribution in [1.82, 2.24) is 0 Å². The molecule has 0 radical (unpaired) electrons. The van der Waals surface area contributed by atoms with Gasteiger partial charge in [0.15, 0.2) is 0 Å². The fraction of sp³-hybridized carbons (Fsp3) is 0.632. The molecule has 3 nitrogen and oxygen atoms in total. The fourth-order valence-electron chi connectivity index (χ4n) is 4.21. The van der Waals surface area contributed by atoms with Crippen LogP contribution in [-0.4, -0.2) is 23.7 Å². The molecule has 0 aromatic heterocycles. The number of hydrogen-bond acceptors (Lipinski definition) is 2. The van der Waals surface area contributed by atoms with E-state index in [0.717, 1.165) is 25.0 Å². The van der Waals surface area contributed by atoms with Crippen LogP contribution in [0.15, 0.2) is 24.3 Å². The molecule has 25 heavy (non-hydrogen) atoms. The second-order valence-electron chi connectivity index (χ2n) is 8.07. The summed E-state index contributed by atoms with van der Waals surface area (Å²) in [7, 11) is 0. The first kappa shape index (κ1) is 18.2. The third kappa shape index (κ3) is 3.28. The molecule has 2 aliphatic rings. The van der Waals surface area contributed by atoms with E-state index in [9.17, 15) is 18.0 Å². The molecule has 0 bridgehead atoms. The van der Waals surface area contributed by atoms with Crippen LogP contribution in [0.2, 0.25) is 0 Å². The van der Waals surface area contributed by atoms with Crippen molar-refractivity contribution in [3.8, 4) is 0 Å². The third-order valence-corrected chi connectivity index (χ3v) is 5.64. The highest BCUT2D eigenvalue weighted by Gasteiger charge is 2.53. The van der Waals surface area contributed by atoms with Crippen LogP contribution < -0.4 is 4.90 Å². The van der Waals surface area contributed by atoms with Crippen LogP contribution >= 0.6 is 0 Å². The Morgan fingerprint density at radius 3 is 2.44 bits per heavy atom. The van der Waals surface area contributed by atoms with Crippen LogP contribution in [0, 0.1) is 11.8 Å². The molecule has 0 N–H and O–H groups in total. The molecule has 2 heterocycles. The van der Waals surface area contributed by atoms with Crippen molar-refractivity contribution in [3.05, 3.63) is 29.8 Å². The standard InChI is InChI=1S/C19H24F3NO2/c1-12-15(18(4)9-8-17(2,3)25-18)11-23(16(12)24)14-7-5-6-13(10-14)19(20,21)22/h5-7,10,12,15H,8-9,11H2,1-4H3. The van der Waals surface area contributed by atoms with E-state index >= 15 is 0 Å². The van der Waals surface area contributed by atoms with Crippen molar-refractivity contribution in [2.45, 2.75) is 57.9 Å². The summed E-state index contributed by atoms with van der Waals surface area (Å²) in [5.74, 6) is -0.469. The number of benzene rings is 1. The normalized spacial score (nSPS) is 32.4. The van der Waals surface area contributed by atoms with Gasteiger partial charge in [0.05, 0.1) is 16.8 Å². The molecule has 1 aromatic carbocycles. The SMILES string of the molecule is CC1C(=O)N(c2cccc(C(F)(F)F)c2)CC1C1(C)CCC(C)(C)O1. The van der Waals surface area contributed by atoms with Crippen molar-refractivity contribution < 1.29 is 22.7 Å². The number of anilines is 1. The maximum Gasteiger partial charge on any atom is 0.416 e. The molecule has 3 rings (SSSR count). The quantitative estimate of drug-likeness (QED) is 0.773. The Balaban J connectivity index is 1.87. The second-order valence-corrected chi connectivity index (χ2v) is 8.07. The van der Waals surface area contributed by atoms with Gasteiger partial charge in [-0.05, 0) is 51.8 Å². The van der Waals surface area contributed by atoms with Gasteiger partial charge in [-0.1, -0.05) is 13.0 Å². The molecule has 138 valence electrons. The lowest BCUT2D eigenvalue weighted by Crippen LogP contribution is -2.40. The minimum absolute atomic E-state index is 0.0451. The predicted molar refractivity (Wildman–Crippen MR) is 89.3 cm³/mol. The van der Waals surface area contributed by atoms with Crippen molar-refractivity contribution in [1.29, 1.82) is 0 Å². The molecule has 1 amide bonds. The number of amides is 1. The first-order valence-electron chi connectivity index (χ1n) is 8.62. The van der Waals surface area contributed by atoms with E-state index in [1.807, 2.05) is 27.7 Å². The summed E-state index contributed by atoms with van der Waals surface area (Å²) in [4.78, 5) is 14.2. The minimum atomic E-state index is -4.42. The van der Waals surface area contributed by atoms with Crippen LogP contribution in [0.1, 0.15) is 46.1 Å². The summed E-state index contributed by atoms with van der Waals surface area (Å²) >= 11 is 0. The molecule has 2 aliphatic heterocycles. The van der Waals surface area contributed by atoms with Gasteiger partial charge in [0.25, 0.3) is 0 Å². The number of alkyl halides is 3. The smallest absolute Gasteiger partial charge is 0.369 e. The number of halogens is 3. The number of carbonyl (C=O) groups excluding carboxylic acids is 1. The highest BCUT2D eigenvalue weighted by molar-refractivity contribution is 5.97. The molecular weight excluding hydrogens is 331 g/mol. The molecule has 1 aromatic rings. The number of ether oxygens (including phenoxy) is 1. The van der Waals surface area contributed by atoms with Crippen LogP contribution in [-0.2, 0) is 15.7 Å². The van der Waals surface area contributed by atoms with Gasteiger partial charge in [0.1, 0.15) is 0 Å². The lowest BCUT2D eigenvalue weighted by Gasteiger charge is -2.35. The molecule has 0 spiro atoms. The van der Waals surface area contributed by atoms with Crippen LogP contribution in [0.4, 0.5) is 18.9 Å². The predicted octanol–water partition coefficient (Wildman–Crippen LogP) is 4.65. The largest absolute Gasteiger partial charge is 0.416 e. The molecule has 0 aliphatic carbocycles. The van der Waals surface area contributed by atoms with Crippen molar-refractivity contribution >= 4 is 11.6 Å². The maximum absolute atomic E-state index is 13.0. The Labute approximate surface area is 146 Å². The summed E-state index contributed by atoms with van der Waals surface area (Å²) in [6.07, 6.45) is -2.67. The molecule has 2 fully saturated rings. The Morgan fingerprint density at radius 2 is 1.88 bits per heavy atom. The summed E-state index contributed by atoms with van der Waals surface area (Å²) in [6, 6.07) is 4.98. The van der Waals surface area contributed by atoms with Crippen LogP contribution in [0.5, 0.6) is 0 Å². The zero-order chi connectivity index (χ0) is 18.6. The molecular formula is C19H24F3NO2. The lowest BCUT2D eigenvalue weighted by molar-refractivity contribution is -0.137. The first-order chi connectivity index (χ1) is 11.4. The van der Waals surface area contributed by atoms with Gasteiger partial charge in [-0.15, -0.1) is 0 Å². The van der Waals surface area contributed by atoms with E-state index in [-0.39, 0.29) is 23.3 Å². The zero-order valence-electron chi connectivity index (χ0n) is 15.0. The van der Waals surface area contributed by atoms with Crippen molar-refractivity contribution in [2.24, 2.45) is 11.8 Å². The first-order valence-corrected chi connectivity index (χ1v) is 8.62. The molecule has 6 heteroatoms. The topological polar surface area (TPSA) is 29.5 Å². The third-order valence-electron chi connectivity index (χ3n) is 5.64. The van der Waals surface area contributed by atoms with Gasteiger partial charge in [0, 0.05) is 24.1 Å². The second kappa shape index (κ2) is 5.73. The molecule has 0 saturated carbocycles. The van der Waals surface area contributed by atoms with E-state index in [2.05, 4.69) is 0 Å². The fourth-order valence-corrected chi connectivity index (χ4v) is 4.21. The Kier molecular flexibility index (Phi) is 4.18. The van der Waals surface area contributed by atoms with Gasteiger partial charge in [-0.3, -0.25) is 4.79 Å². The van der Waals surface area contributed by atoms with E-state index in [4.69, 9.17) is 4.74 Å². The summed E-state index contributed by atoms with van der Waals surface area (Å²) in [6.45, 7) is 8.31. The Morgan fingerprint density at radius 1 is 1.20 bits per heavy atom. The summed E-state index contributed by atoms with van der Waals surface area (Å²) in [5.41, 5.74) is -1.11. The van der Waals surface area contributed by atoms with E-state index in [1.165, 1.54) is 11.0 Å². The minimum Gasteiger partial charge on any atom is -0.369 e. The number of hydrogen-bond donors (Lipinski definition) is 0. The van der Waals surface area contributed by atoms with E-state index < -0.39 is 17.3 Å². The number of nitrogens with zero attached hydrogens (tertiary/aromatic N) is 1. The zero-order valence-corrected chi connectivity index (χ0v) is 15.0. The summed E-state index contributed by atoms with van der Waals surface area (Å²) < 4.78 is 45.2. The Bertz CT molecular complexity index is 685. The van der Waals surface area contributed by atoms with Gasteiger partial charge >= 0.3 is 6.18 Å². The molecule has 2 saturated heterocycles. The number of rotatable bonds is 2. The van der Waals surface area contributed by atoms with Gasteiger partial charge < -0.3 is 9.64 Å². The van der Waals surface area contributed by atoms with Crippen molar-refractivity contribution in [3.63, 3.8) is 0 Å². The molecule has 3 unspecified atom stereocenters. The van der Waals surface area contributed by atoms with Crippen LogP contribution in [0.25, 0.3) is 0 Å². The average Bonchev–Trinajstić information content (AvgIpc) is 2.96. The van der Waals surface area contributed by atoms with Gasteiger partial charge in [-0.25, -0.2) is 0 Å². The van der Waals surface area contributed by atoms with Crippen molar-refractivity contribution in [2.75, 3.05) is 11.4 Å². The molecule has 3 atom stereocenters. The highest BCUT2D eigenvalue weighted by atomic mass is 19.4. The van der Waals surface area contributed by atoms with Crippen LogP contribution in [0.3, 0.4) is 0 Å². The summed E-state index contributed by atoms with van der Waals surface area (Å²) in [5, 5.41) is 0. The van der Waals surface area contributed by atoms with Gasteiger partial charge in [-0.2, -0.15) is 13.2 Å².